The number of nitrogens with zero attached hydrogens (tertiary/aromatic N) is 2. The van der Waals surface area contributed by atoms with Gasteiger partial charge in [-0.2, -0.15) is 5.10 Å². The second kappa shape index (κ2) is 8.14. The largest absolute Gasteiger partial charge is 0.478 e. The predicted molar refractivity (Wildman–Crippen MR) is 104 cm³/mol. The number of hydrogen-bond donors (Lipinski definition) is 2. The number of aromatic nitrogens is 2. The molecule has 7 nitrogen and oxygen atoms in total. The van der Waals surface area contributed by atoms with Gasteiger partial charge in [-0.15, -0.1) is 0 Å². The second-order valence-electron chi connectivity index (χ2n) is 6.57. The molecule has 1 heterocycles. The van der Waals surface area contributed by atoms with Gasteiger partial charge >= 0.3 is 5.97 Å². The Bertz CT molecular complexity index is 1040. The Balaban J connectivity index is 1.81. The van der Waals surface area contributed by atoms with E-state index in [0.29, 0.717) is 11.4 Å². The van der Waals surface area contributed by atoms with E-state index in [9.17, 15) is 14.0 Å². The first-order valence-electron chi connectivity index (χ1n) is 8.87. The molecule has 2 aromatic carbocycles. The van der Waals surface area contributed by atoms with E-state index >= 15 is 0 Å². The van der Waals surface area contributed by atoms with Gasteiger partial charge in [0.05, 0.1) is 17.3 Å². The van der Waals surface area contributed by atoms with Crippen molar-refractivity contribution in [1.82, 2.24) is 15.1 Å². The number of benzene rings is 2. The molecular weight excluding hydrogens is 377 g/mol. The molecule has 8 heteroatoms. The molecule has 2 N–H and O–H groups in total. The highest BCUT2D eigenvalue weighted by molar-refractivity contribution is 5.98. The number of amides is 1. The zero-order valence-corrected chi connectivity index (χ0v) is 16.1. The van der Waals surface area contributed by atoms with Gasteiger partial charge in [0, 0.05) is 7.05 Å². The van der Waals surface area contributed by atoms with E-state index in [1.165, 1.54) is 41.1 Å². The molecule has 0 spiro atoms. The van der Waals surface area contributed by atoms with E-state index in [1.54, 1.807) is 33.0 Å². The molecule has 1 amide bonds. The molecule has 1 unspecified atom stereocenters. The van der Waals surface area contributed by atoms with Crippen LogP contribution in [0.5, 0.6) is 11.6 Å². The Kier molecular flexibility index (Phi) is 5.63. The number of carbonyl (C=O) groups is 2. The summed E-state index contributed by atoms with van der Waals surface area (Å²) in [5.41, 5.74) is 1.68. The summed E-state index contributed by atoms with van der Waals surface area (Å²) in [6.45, 7) is 3.48. The highest BCUT2D eigenvalue weighted by atomic mass is 19.1. The van der Waals surface area contributed by atoms with Gasteiger partial charge in [-0.1, -0.05) is 12.1 Å². The SMILES string of the molecule is Cc1nn(C)c(Oc2ccc(F)cc2)c1C(=O)NC(C)c1ccc(C(=O)O)cc1. The lowest BCUT2D eigenvalue weighted by Gasteiger charge is -2.15. The third-order valence-electron chi connectivity index (χ3n) is 4.43. The molecule has 150 valence electrons. The summed E-state index contributed by atoms with van der Waals surface area (Å²) in [5.74, 6) is -1.18. The number of aromatic carboxylic acids is 1. The number of hydrogen-bond acceptors (Lipinski definition) is 4. The molecule has 1 atom stereocenters. The van der Waals surface area contributed by atoms with Crippen LogP contribution in [-0.2, 0) is 7.05 Å². The molecular formula is C21H20FN3O4. The number of halogens is 1. The van der Waals surface area contributed by atoms with Gasteiger partial charge in [-0.25, -0.2) is 13.9 Å². The molecule has 0 aliphatic carbocycles. The van der Waals surface area contributed by atoms with E-state index < -0.39 is 5.97 Å². The lowest BCUT2D eigenvalue weighted by Crippen LogP contribution is -2.27. The summed E-state index contributed by atoms with van der Waals surface area (Å²) in [7, 11) is 1.65. The van der Waals surface area contributed by atoms with Crippen LogP contribution < -0.4 is 10.1 Å². The fourth-order valence-corrected chi connectivity index (χ4v) is 2.90. The van der Waals surface area contributed by atoms with Crippen molar-refractivity contribution >= 4 is 11.9 Å². The summed E-state index contributed by atoms with van der Waals surface area (Å²) < 4.78 is 20.3. The van der Waals surface area contributed by atoms with Crippen molar-refractivity contribution in [2.45, 2.75) is 19.9 Å². The third kappa shape index (κ3) is 4.43. The minimum atomic E-state index is -1.01. The van der Waals surface area contributed by atoms with Crippen LogP contribution in [0, 0.1) is 12.7 Å². The Morgan fingerprint density at radius 3 is 2.34 bits per heavy atom. The second-order valence-corrected chi connectivity index (χ2v) is 6.57. The first kappa shape index (κ1) is 20.1. The third-order valence-corrected chi connectivity index (χ3v) is 4.43. The Hall–Kier alpha value is -3.68. The van der Waals surface area contributed by atoms with E-state index in [0.717, 1.165) is 5.56 Å². The van der Waals surface area contributed by atoms with Crippen LogP contribution in [0.1, 0.15) is 44.9 Å². The van der Waals surface area contributed by atoms with Crippen LogP contribution in [0.4, 0.5) is 4.39 Å². The number of carboxylic acid groups (broad SMARTS) is 1. The first-order chi connectivity index (χ1) is 13.8. The lowest BCUT2D eigenvalue weighted by atomic mass is 10.1. The van der Waals surface area contributed by atoms with Crippen molar-refractivity contribution in [1.29, 1.82) is 0 Å². The van der Waals surface area contributed by atoms with Crippen LogP contribution >= 0.6 is 0 Å². The van der Waals surface area contributed by atoms with Crippen LogP contribution in [0.15, 0.2) is 48.5 Å². The number of aryl methyl sites for hydroxylation is 2. The molecule has 0 aliphatic heterocycles. The summed E-state index contributed by atoms with van der Waals surface area (Å²) >= 11 is 0. The Labute approximate surface area is 166 Å². The average molecular weight is 397 g/mol. The summed E-state index contributed by atoms with van der Waals surface area (Å²) in [5, 5.41) is 16.1. The molecule has 0 saturated carbocycles. The summed E-state index contributed by atoms with van der Waals surface area (Å²) in [6, 6.07) is 11.4. The van der Waals surface area contributed by atoms with Crippen molar-refractivity contribution < 1.29 is 23.8 Å². The summed E-state index contributed by atoms with van der Waals surface area (Å²) in [6.07, 6.45) is 0. The Morgan fingerprint density at radius 2 is 1.76 bits per heavy atom. The van der Waals surface area contributed by atoms with Crippen LogP contribution in [-0.4, -0.2) is 26.8 Å². The molecule has 0 aliphatic rings. The van der Waals surface area contributed by atoms with Gasteiger partial charge in [0.1, 0.15) is 17.1 Å². The molecule has 1 aromatic heterocycles. The molecule has 0 radical (unpaired) electrons. The number of carbonyl (C=O) groups excluding carboxylic acids is 1. The van der Waals surface area contributed by atoms with Crippen molar-refractivity contribution in [2.75, 3.05) is 0 Å². The first-order valence-corrected chi connectivity index (χ1v) is 8.87. The van der Waals surface area contributed by atoms with E-state index in [1.807, 2.05) is 0 Å². The van der Waals surface area contributed by atoms with Gasteiger partial charge < -0.3 is 15.2 Å². The maximum Gasteiger partial charge on any atom is 0.335 e. The van der Waals surface area contributed by atoms with Gasteiger partial charge in [0.2, 0.25) is 5.88 Å². The van der Waals surface area contributed by atoms with Gasteiger partial charge in [-0.3, -0.25) is 4.79 Å². The number of rotatable bonds is 6. The van der Waals surface area contributed by atoms with Crippen LogP contribution in [0.3, 0.4) is 0 Å². The predicted octanol–water partition coefficient (Wildman–Crippen LogP) is 3.85. The van der Waals surface area contributed by atoms with Crippen molar-refractivity contribution in [3.05, 3.63) is 76.7 Å². The molecule has 3 aromatic rings. The normalized spacial score (nSPS) is 11.7. The van der Waals surface area contributed by atoms with E-state index in [-0.39, 0.29) is 34.8 Å². The molecule has 0 saturated heterocycles. The average Bonchev–Trinajstić information content (AvgIpc) is 2.96. The molecule has 0 fully saturated rings. The highest BCUT2D eigenvalue weighted by Gasteiger charge is 2.24. The van der Waals surface area contributed by atoms with Gasteiger partial charge in [-0.05, 0) is 55.8 Å². The molecule has 29 heavy (non-hydrogen) atoms. The topological polar surface area (TPSA) is 93.5 Å². The van der Waals surface area contributed by atoms with Crippen LogP contribution in [0.25, 0.3) is 0 Å². The molecule has 0 bridgehead atoms. The quantitative estimate of drug-likeness (QED) is 0.659. The number of nitrogens with one attached hydrogen (secondary N) is 1. The number of carboxylic acids is 1. The molecule has 3 rings (SSSR count). The highest BCUT2D eigenvalue weighted by Crippen LogP contribution is 2.28. The zero-order valence-electron chi connectivity index (χ0n) is 16.1. The standard InChI is InChI=1S/C21H20FN3O4/c1-12(14-4-6-15(7-5-14)21(27)28)23-19(26)18-13(2)24-25(3)20(18)29-17-10-8-16(22)9-11-17/h4-12H,1-3H3,(H,23,26)(H,27,28). The van der Waals surface area contributed by atoms with Crippen molar-refractivity contribution in [2.24, 2.45) is 7.05 Å². The van der Waals surface area contributed by atoms with E-state index in [4.69, 9.17) is 9.84 Å². The van der Waals surface area contributed by atoms with Gasteiger partial charge in [0.15, 0.2) is 0 Å². The fourth-order valence-electron chi connectivity index (χ4n) is 2.90. The van der Waals surface area contributed by atoms with Gasteiger partial charge in [0.25, 0.3) is 5.91 Å². The Morgan fingerprint density at radius 1 is 1.14 bits per heavy atom. The van der Waals surface area contributed by atoms with Crippen molar-refractivity contribution in [3.63, 3.8) is 0 Å². The zero-order chi connectivity index (χ0) is 21.1. The summed E-state index contributed by atoms with van der Waals surface area (Å²) in [4.78, 5) is 23.9. The number of ether oxygens (including phenoxy) is 1. The maximum atomic E-state index is 13.1. The smallest absolute Gasteiger partial charge is 0.335 e. The van der Waals surface area contributed by atoms with Crippen LogP contribution in [0.2, 0.25) is 0 Å². The fraction of sp³-hybridized carbons (Fsp3) is 0.190. The monoisotopic (exact) mass is 397 g/mol. The van der Waals surface area contributed by atoms with Crippen molar-refractivity contribution in [3.8, 4) is 11.6 Å². The minimum absolute atomic E-state index is 0.172. The minimum Gasteiger partial charge on any atom is -0.478 e. The lowest BCUT2D eigenvalue weighted by molar-refractivity contribution is 0.0696. The van der Waals surface area contributed by atoms with E-state index in [2.05, 4.69) is 10.4 Å². The maximum absolute atomic E-state index is 13.1.